The average molecular weight is 375 g/mol. The molecule has 2 aromatic heterocycles. The van der Waals surface area contributed by atoms with Crippen LogP contribution in [0.2, 0.25) is 0 Å². The quantitative estimate of drug-likeness (QED) is 0.871. The smallest absolute Gasteiger partial charge is 0.223 e. The number of aromatic nitrogens is 2. The van der Waals surface area contributed by atoms with E-state index in [1.807, 2.05) is 13.8 Å². The molecule has 1 aliphatic carbocycles. The van der Waals surface area contributed by atoms with E-state index in [0.717, 1.165) is 60.1 Å². The molecule has 26 heavy (non-hydrogen) atoms. The topological polar surface area (TPSA) is 71.3 Å². The highest BCUT2D eigenvalue weighted by atomic mass is 32.1. The van der Waals surface area contributed by atoms with Crippen LogP contribution in [0.3, 0.4) is 0 Å². The summed E-state index contributed by atoms with van der Waals surface area (Å²) in [4.78, 5) is 21.1. The monoisotopic (exact) mass is 374 g/mol. The van der Waals surface area contributed by atoms with E-state index < -0.39 is 0 Å². The van der Waals surface area contributed by atoms with Gasteiger partial charge in [0.1, 0.15) is 10.8 Å². The Balaban J connectivity index is 1.37. The van der Waals surface area contributed by atoms with E-state index in [0.29, 0.717) is 0 Å². The lowest BCUT2D eigenvalue weighted by molar-refractivity contribution is -0.125. The van der Waals surface area contributed by atoms with Crippen LogP contribution in [0.4, 0.5) is 0 Å². The molecule has 140 valence electrons. The first-order valence-corrected chi connectivity index (χ1v) is 10.4. The predicted molar refractivity (Wildman–Crippen MR) is 101 cm³/mol. The molecule has 4 rings (SSSR count). The second kappa shape index (κ2) is 7.48. The number of hydrogen-bond donors (Lipinski definition) is 1. The minimum Gasteiger partial charge on any atom is -0.361 e. The van der Waals surface area contributed by atoms with Gasteiger partial charge in [0.15, 0.2) is 0 Å². The molecule has 1 atom stereocenters. The lowest BCUT2D eigenvalue weighted by Crippen LogP contribution is -2.38. The van der Waals surface area contributed by atoms with Gasteiger partial charge in [-0.05, 0) is 52.6 Å². The van der Waals surface area contributed by atoms with Gasteiger partial charge in [0.05, 0.1) is 17.0 Å². The highest BCUT2D eigenvalue weighted by Gasteiger charge is 2.28. The third-order valence-corrected chi connectivity index (χ3v) is 6.66. The van der Waals surface area contributed by atoms with Gasteiger partial charge in [-0.15, -0.1) is 11.3 Å². The average Bonchev–Trinajstić information content (AvgIpc) is 3.34. The maximum Gasteiger partial charge on any atom is 0.223 e. The van der Waals surface area contributed by atoms with Crippen molar-refractivity contribution in [1.82, 2.24) is 20.4 Å². The summed E-state index contributed by atoms with van der Waals surface area (Å²) < 4.78 is 5.28. The largest absolute Gasteiger partial charge is 0.361 e. The van der Waals surface area contributed by atoms with Crippen molar-refractivity contribution < 1.29 is 9.32 Å². The number of amides is 1. The van der Waals surface area contributed by atoms with E-state index in [4.69, 9.17) is 9.51 Å². The molecule has 1 saturated heterocycles. The van der Waals surface area contributed by atoms with E-state index in [-0.39, 0.29) is 11.8 Å². The fourth-order valence-corrected chi connectivity index (χ4v) is 5.24. The van der Waals surface area contributed by atoms with Crippen LogP contribution >= 0.6 is 11.3 Å². The Morgan fingerprint density at radius 2 is 2.15 bits per heavy atom. The van der Waals surface area contributed by atoms with Crippen LogP contribution in [0.25, 0.3) is 10.6 Å². The Hall–Kier alpha value is -1.73. The summed E-state index contributed by atoms with van der Waals surface area (Å²) in [5.74, 6) is 1.03. The van der Waals surface area contributed by atoms with E-state index in [1.165, 1.54) is 30.8 Å². The van der Waals surface area contributed by atoms with Crippen molar-refractivity contribution >= 4 is 17.2 Å². The number of nitrogens with zero attached hydrogens (tertiary/aromatic N) is 3. The minimum atomic E-state index is 0.0423. The van der Waals surface area contributed by atoms with Crippen molar-refractivity contribution in [3.8, 4) is 10.6 Å². The molecular formula is C19H26N4O2S. The first kappa shape index (κ1) is 17.7. The van der Waals surface area contributed by atoms with Gasteiger partial charge in [-0.3, -0.25) is 4.79 Å². The number of likely N-dealkylation sites (tertiary alicyclic amines) is 1. The van der Waals surface area contributed by atoms with Crippen LogP contribution in [0.5, 0.6) is 0 Å². The molecule has 6 nitrogen and oxygen atoms in total. The van der Waals surface area contributed by atoms with Gasteiger partial charge >= 0.3 is 0 Å². The predicted octanol–water partition coefficient (Wildman–Crippen LogP) is 2.73. The Kier molecular flexibility index (Phi) is 5.09. The Morgan fingerprint density at radius 3 is 2.88 bits per heavy atom. The molecule has 0 spiro atoms. The van der Waals surface area contributed by atoms with Gasteiger partial charge in [0, 0.05) is 30.3 Å². The van der Waals surface area contributed by atoms with Crippen LogP contribution < -0.4 is 5.32 Å². The van der Waals surface area contributed by atoms with Gasteiger partial charge in [-0.25, -0.2) is 4.98 Å². The Morgan fingerprint density at radius 1 is 1.35 bits per heavy atom. The molecule has 0 radical (unpaired) electrons. The summed E-state index contributed by atoms with van der Waals surface area (Å²) >= 11 is 1.72. The van der Waals surface area contributed by atoms with E-state index in [1.54, 1.807) is 11.3 Å². The van der Waals surface area contributed by atoms with Gasteiger partial charge < -0.3 is 14.7 Å². The number of hydrogen-bond acceptors (Lipinski definition) is 6. The van der Waals surface area contributed by atoms with Gasteiger partial charge in [0.25, 0.3) is 0 Å². The molecule has 0 bridgehead atoms. The van der Waals surface area contributed by atoms with Gasteiger partial charge in [-0.2, -0.15) is 0 Å². The SMILES string of the molecule is Cc1noc(C)c1-c1nc2c(s1)CCC(C(=O)NCCN1CCCC1)C2. The lowest BCUT2D eigenvalue weighted by Gasteiger charge is -2.21. The molecule has 0 saturated carbocycles. The molecule has 2 aliphatic rings. The summed E-state index contributed by atoms with van der Waals surface area (Å²) in [5, 5.41) is 8.14. The maximum absolute atomic E-state index is 12.5. The number of fused-ring (bicyclic) bond motifs is 1. The zero-order chi connectivity index (χ0) is 18.1. The van der Waals surface area contributed by atoms with Crippen LogP contribution in [-0.4, -0.2) is 47.1 Å². The molecule has 1 fully saturated rings. The second-order valence-electron chi connectivity index (χ2n) is 7.37. The molecule has 2 aromatic rings. The number of nitrogens with one attached hydrogen (secondary N) is 1. The highest BCUT2D eigenvalue weighted by Crippen LogP contribution is 2.36. The van der Waals surface area contributed by atoms with Crippen LogP contribution in [-0.2, 0) is 17.6 Å². The summed E-state index contributed by atoms with van der Waals surface area (Å²) in [6.07, 6.45) is 5.16. The van der Waals surface area contributed by atoms with Crippen LogP contribution in [0.15, 0.2) is 4.52 Å². The van der Waals surface area contributed by atoms with Crippen molar-refractivity contribution in [3.05, 3.63) is 22.0 Å². The second-order valence-corrected chi connectivity index (χ2v) is 8.45. The molecule has 1 unspecified atom stereocenters. The number of aryl methyl sites for hydroxylation is 3. The Labute approximate surface area is 158 Å². The Bertz CT molecular complexity index is 772. The van der Waals surface area contributed by atoms with Crippen molar-refractivity contribution in [2.75, 3.05) is 26.2 Å². The van der Waals surface area contributed by atoms with Gasteiger partial charge in [-0.1, -0.05) is 5.16 Å². The van der Waals surface area contributed by atoms with Crippen molar-refractivity contribution in [2.45, 2.75) is 46.0 Å². The standard InChI is InChI=1S/C19H26N4O2S/c1-12-17(13(2)25-22-12)19-21-15-11-14(5-6-16(15)26-19)18(24)20-7-10-23-8-3-4-9-23/h14H,3-11H2,1-2H3,(H,20,24). The summed E-state index contributed by atoms with van der Waals surface area (Å²) in [6.45, 7) is 7.94. The van der Waals surface area contributed by atoms with Gasteiger partial charge in [0.2, 0.25) is 5.91 Å². The number of carbonyl (C=O) groups excluding carboxylic acids is 1. The van der Waals surface area contributed by atoms with Crippen LogP contribution in [0, 0.1) is 19.8 Å². The highest BCUT2D eigenvalue weighted by molar-refractivity contribution is 7.15. The molecular weight excluding hydrogens is 348 g/mol. The van der Waals surface area contributed by atoms with E-state index >= 15 is 0 Å². The summed E-state index contributed by atoms with van der Waals surface area (Å²) in [7, 11) is 0. The number of rotatable bonds is 5. The van der Waals surface area contributed by atoms with Crippen molar-refractivity contribution in [1.29, 1.82) is 0 Å². The van der Waals surface area contributed by atoms with E-state index in [9.17, 15) is 4.79 Å². The maximum atomic E-state index is 12.5. The van der Waals surface area contributed by atoms with E-state index in [2.05, 4.69) is 15.4 Å². The molecule has 3 heterocycles. The number of thiazole rings is 1. The first-order valence-electron chi connectivity index (χ1n) is 9.53. The molecule has 1 N–H and O–H groups in total. The fourth-order valence-electron chi connectivity index (χ4n) is 3.99. The third-order valence-electron chi connectivity index (χ3n) is 5.48. The first-order chi connectivity index (χ1) is 12.6. The zero-order valence-corrected chi connectivity index (χ0v) is 16.3. The molecule has 7 heteroatoms. The molecule has 1 aliphatic heterocycles. The van der Waals surface area contributed by atoms with Crippen molar-refractivity contribution in [3.63, 3.8) is 0 Å². The zero-order valence-electron chi connectivity index (χ0n) is 15.5. The van der Waals surface area contributed by atoms with Crippen LogP contribution in [0.1, 0.15) is 41.3 Å². The molecule has 0 aromatic carbocycles. The summed E-state index contributed by atoms with van der Waals surface area (Å²) in [5.41, 5.74) is 2.97. The number of carbonyl (C=O) groups is 1. The summed E-state index contributed by atoms with van der Waals surface area (Å²) in [6, 6.07) is 0. The normalized spacial score (nSPS) is 20.3. The minimum absolute atomic E-state index is 0.0423. The fraction of sp³-hybridized carbons (Fsp3) is 0.632. The lowest BCUT2D eigenvalue weighted by atomic mass is 9.90. The van der Waals surface area contributed by atoms with Crippen molar-refractivity contribution in [2.24, 2.45) is 5.92 Å². The third kappa shape index (κ3) is 3.55. The molecule has 1 amide bonds.